The Kier molecular flexibility index (Phi) is 4.74. The number of nitrogens with two attached hydrogens (primary N) is 1. The van der Waals surface area contributed by atoms with E-state index in [0.29, 0.717) is 12.6 Å². The molecule has 0 radical (unpaired) electrons. The summed E-state index contributed by atoms with van der Waals surface area (Å²) in [5, 5.41) is 4.63. The van der Waals surface area contributed by atoms with Crippen LogP contribution in [0, 0.1) is 0 Å². The smallest absolute Gasteiger partial charge is 0.0824 e. The Labute approximate surface area is 109 Å². The molecular formula is C13H24N4O. The average molecular weight is 252 g/mol. The standard InChI is InChI=1S/C13H24N4O/c1-3-11(2)17-5-4-12(15-17)9-16-6-7-18-13(8-14)10-16/h4-5,11,13H,3,6-10,14H2,1-2H3. The van der Waals surface area contributed by atoms with Crippen molar-refractivity contribution in [3.8, 4) is 0 Å². The zero-order valence-electron chi connectivity index (χ0n) is 11.4. The van der Waals surface area contributed by atoms with Gasteiger partial charge in [0.1, 0.15) is 0 Å². The van der Waals surface area contributed by atoms with Crippen molar-refractivity contribution >= 4 is 0 Å². The molecule has 18 heavy (non-hydrogen) atoms. The number of hydrogen-bond acceptors (Lipinski definition) is 4. The Hall–Kier alpha value is -0.910. The maximum atomic E-state index is 5.65. The summed E-state index contributed by atoms with van der Waals surface area (Å²) in [5.74, 6) is 0. The first-order chi connectivity index (χ1) is 8.72. The van der Waals surface area contributed by atoms with Crippen LogP contribution in [0.15, 0.2) is 12.3 Å². The average Bonchev–Trinajstić information content (AvgIpc) is 2.86. The fourth-order valence-corrected chi connectivity index (χ4v) is 2.19. The first kappa shape index (κ1) is 13.5. The summed E-state index contributed by atoms with van der Waals surface area (Å²) in [5.41, 5.74) is 6.78. The maximum absolute atomic E-state index is 5.65. The van der Waals surface area contributed by atoms with E-state index in [0.717, 1.165) is 38.4 Å². The summed E-state index contributed by atoms with van der Waals surface area (Å²) in [4.78, 5) is 2.37. The van der Waals surface area contributed by atoms with Crippen LogP contribution < -0.4 is 5.73 Å². The van der Waals surface area contributed by atoms with E-state index in [1.54, 1.807) is 0 Å². The third-order valence-electron chi connectivity index (χ3n) is 3.58. The van der Waals surface area contributed by atoms with Gasteiger partial charge in [-0.1, -0.05) is 6.92 Å². The summed E-state index contributed by atoms with van der Waals surface area (Å²) in [6, 6.07) is 2.58. The van der Waals surface area contributed by atoms with Gasteiger partial charge in [-0.15, -0.1) is 0 Å². The molecule has 1 aliphatic heterocycles. The quantitative estimate of drug-likeness (QED) is 0.850. The van der Waals surface area contributed by atoms with Gasteiger partial charge in [0.15, 0.2) is 0 Å². The molecular weight excluding hydrogens is 228 g/mol. The van der Waals surface area contributed by atoms with E-state index in [1.807, 2.05) is 0 Å². The van der Waals surface area contributed by atoms with Crippen LogP contribution in [-0.4, -0.2) is 47.0 Å². The minimum atomic E-state index is 0.176. The molecule has 0 amide bonds. The lowest BCUT2D eigenvalue weighted by Crippen LogP contribution is -2.45. The molecule has 0 saturated carbocycles. The second-order valence-corrected chi connectivity index (χ2v) is 5.01. The van der Waals surface area contributed by atoms with Crippen LogP contribution in [0.25, 0.3) is 0 Å². The van der Waals surface area contributed by atoms with E-state index in [1.165, 1.54) is 0 Å². The van der Waals surface area contributed by atoms with E-state index in [4.69, 9.17) is 10.5 Å². The summed E-state index contributed by atoms with van der Waals surface area (Å²) in [6.45, 7) is 8.50. The van der Waals surface area contributed by atoms with Gasteiger partial charge < -0.3 is 10.5 Å². The Morgan fingerprint density at radius 1 is 1.61 bits per heavy atom. The fraction of sp³-hybridized carbons (Fsp3) is 0.769. The van der Waals surface area contributed by atoms with E-state index < -0.39 is 0 Å². The molecule has 0 spiro atoms. The largest absolute Gasteiger partial charge is 0.374 e. The van der Waals surface area contributed by atoms with Gasteiger partial charge in [0.05, 0.1) is 18.4 Å². The van der Waals surface area contributed by atoms with Crippen LogP contribution in [0.1, 0.15) is 32.0 Å². The normalized spacial score (nSPS) is 23.2. The summed E-state index contributed by atoms with van der Waals surface area (Å²) >= 11 is 0. The van der Waals surface area contributed by atoms with Crippen molar-refractivity contribution in [1.29, 1.82) is 0 Å². The van der Waals surface area contributed by atoms with E-state index in [-0.39, 0.29) is 6.10 Å². The summed E-state index contributed by atoms with van der Waals surface area (Å²) in [6.07, 6.45) is 3.36. The third-order valence-corrected chi connectivity index (χ3v) is 3.58. The van der Waals surface area contributed by atoms with Crippen LogP contribution in [0.5, 0.6) is 0 Å². The highest BCUT2D eigenvalue weighted by Gasteiger charge is 2.19. The topological polar surface area (TPSA) is 56.3 Å². The summed E-state index contributed by atoms with van der Waals surface area (Å²) in [7, 11) is 0. The SMILES string of the molecule is CCC(C)n1ccc(CN2CCOC(CN)C2)n1. The molecule has 0 aromatic carbocycles. The molecule has 5 nitrogen and oxygen atoms in total. The van der Waals surface area contributed by atoms with Gasteiger partial charge >= 0.3 is 0 Å². The molecule has 1 saturated heterocycles. The fourth-order valence-electron chi connectivity index (χ4n) is 2.19. The second kappa shape index (κ2) is 6.31. The van der Waals surface area contributed by atoms with Crippen LogP contribution in [-0.2, 0) is 11.3 Å². The molecule has 0 bridgehead atoms. The van der Waals surface area contributed by atoms with Crippen molar-refractivity contribution in [3.63, 3.8) is 0 Å². The Bertz CT molecular complexity index is 366. The molecule has 2 N–H and O–H groups in total. The Balaban J connectivity index is 1.90. The van der Waals surface area contributed by atoms with Crippen molar-refractivity contribution < 1.29 is 4.74 Å². The van der Waals surface area contributed by atoms with E-state index in [9.17, 15) is 0 Å². The molecule has 0 aliphatic carbocycles. The zero-order chi connectivity index (χ0) is 13.0. The Morgan fingerprint density at radius 2 is 2.44 bits per heavy atom. The van der Waals surface area contributed by atoms with Gasteiger partial charge in [-0.2, -0.15) is 5.10 Å². The first-order valence-electron chi connectivity index (χ1n) is 6.81. The molecule has 2 unspecified atom stereocenters. The highest BCUT2D eigenvalue weighted by Crippen LogP contribution is 2.12. The van der Waals surface area contributed by atoms with E-state index in [2.05, 4.69) is 40.8 Å². The molecule has 1 aliphatic rings. The minimum Gasteiger partial charge on any atom is -0.374 e. The predicted octanol–water partition coefficient (Wildman–Crippen LogP) is 1.01. The number of hydrogen-bond donors (Lipinski definition) is 1. The van der Waals surface area contributed by atoms with Gasteiger partial charge in [-0.05, 0) is 19.4 Å². The van der Waals surface area contributed by atoms with Gasteiger partial charge in [-0.25, -0.2) is 0 Å². The molecule has 2 rings (SSSR count). The highest BCUT2D eigenvalue weighted by atomic mass is 16.5. The number of ether oxygens (including phenoxy) is 1. The van der Waals surface area contributed by atoms with Crippen molar-refractivity contribution in [3.05, 3.63) is 18.0 Å². The lowest BCUT2D eigenvalue weighted by Gasteiger charge is -2.31. The van der Waals surface area contributed by atoms with Crippen LogP contribution in [0.2, 0.25) is 0 Å². The van der Waals surface area contributed by atoms with E-state index >= 15 is 0 Å². The minimum absolute atomic E-state index is 0.176. The first-order valence-corrected chi connectivity index (χ1v) is 6.81. The number of rotatable bonds is 5. The second-order valence-electron chi connectivity index (χ2n) is 5.01. The van der Waals surface area contributed by atoms with Crippen molar-refractivity contribution in [2.45, 2.75) is 39.0 Å². The van der Waals surface area contributed by atoms with Gasteiger partial charge in [0, 0.05) is 38.4 Å². The molecule has 2 atom stereocenters. The maximum Gasteiger partial charge on any atom is 0.0824 e. The summed E-state index contributed by atoms with van der Waals surface area (Å²) < 4.78 is 7.62. The zero-order valence-corrected chi connectivity index (χ0v) is 11.4. The molecule has 102 valence electrons. The molecule has 1 aromatic heterocycles. The lowest BCUT2D eigenvalue weighted by atomic mass is 10.2. The molecule has 1 fully saturated rings. The molecule has 5 heteroatoms. The van der Waals surface area contributed by atoms with Gasteiger partial charge in [0.25, 0.3) is 0 Å². The monoisotopic (exact) mass is 252 g/mol. The predicted molar refractivity (Wildman–Crippen MR) is 71.3 cm³/mol. The van der Waals surface area contributed by atoms with Crippen molar-refractivity contribution in [2.24, 2.45) is 5.73 Å². The highest BCUT2D eigenvalue weighted by molar-refractivity contribution is 5.00. The number of aromatic nitrogens is 2. The molecule has 1 aromatic rings. The van der Waals surface area contributed by atoms with Gasteiger partial charge in [-0.3, -0.25) is 9.58 Å². The molecule has 2 heterocycles. The van der Waals surface area contributed by atoms with Crippen LogP contribution in [0.4, 0.5) is 0 Å². The number of morpholine rings is 1. The lowest BCUT2D eigenvalue weighted by molar-refractivity contribution is -0.0264. The Morgan fingerprint density at radius 3 is 3.17 bits per heavy atom. The van der Waals surface area contributed by atoms with Gasteiger partial charge in [0.2, 0.25) is 0 Å². The van der Waals surface area contributed by atoms with Crippen LogP contribution >= 0.6 is 0 Å². The third kappa shape index (κ3) is 3.31. The van der Waals surface area contributed by atoms with Crippen LogP contribution in [0.3, 0.4) is 0 Å². The van der Waals surface area contributed by atoms with Crippen molar-refractivity contribution in [2.75, 3.05) is 26.2 Å². The number of nitrogens with zero attached hydrogens (tertiary/aromatic N) is 3. The van der Waals surface area contributed by atoms with Crippen molar-refractivity contribution in [1.82, 2.24) is 14.7 Å².